The minimum atomic E-state index is -2.43. The maximum Gasteiger partial charge on any atom is 0.414 e. The highest BCUT2D eigenvalue weighted by Gasteiger charge is 2.56. The number of nitrogens with zero attached hydrogens (tertiary/aromatic N) is 3. The second-order valence-electron chi connectivity index (χ2n) is 13.3. The molecule has 3 heterocycles. The van der Waals surface area contributed by atoms with Crippen LogP contribution in [0.5, 0.6) is 0 Å². The first-order valence-corrected chi connectivity index (χ1v) is 16.0. The average Bonchev–Trinajstić information content (AvgIpc) is 3.35. The molecule has 0 aliphatic carbocycles. The minimum absolute atomic E-state index is 0.147. The third-order valence-corrected chi connectivity index (χ3v) is 11.1. The Morgan fingerprint density at radius 2 is 1.54 bits per heavy atom. The number of guanidine groups is 1. The van der Waals surface area contributed by atoms with E-state index in [2.05, 4.69) is 44.5 Å². The molecule has 0 bridgehead atoms. The fourth-order valence-corrected chi connectivity index (χ4v) is 5.17. The predicted octanol–water partition coefficient (Wildman–Crippen LogP) is 5.14. The summed E-state index contributed by atoms with van der Waals surface area (Å²) in [6.45, 7) is 21.2. The molecule has 0 unspecified atom stereocenters. The van der Waals surface area contributed by atoms with Crippen molar-refractivity contribution in [2.24, 2.45) is 4.99 Å². The molecule has 3 amide bonds. The van der Waals surface area contributed by atoms with E-state index in [4.69, 9.17) is 18.9 Å². The van der Waals surface area contributed by atoms with Crippen molar-refractivity contribution in [2.45, 2.75) is 104 Å². The van der Waals surface area contributed by atoms with Crippen LogP contribution in [-0.2, 0) is 13.9 Å². The number of hydrogen-bond acceptors (Lipinski definition) is 7. The highest BCUT2D eigenvalue weighted by Crippen LogP contribution is 2.47. The summed E-state index contributed by atoms with van der Waals surface area (Å²) in [5.41, 5.74) is -2.53. The van der Waals surface area contributed by atoms with Gasteiger partial charge in [-0.15, -0.1) is 0 Å². The van der Waals surface area contributed by atoms with E-state index in [1.807, 2.05) is 6.08 Å². The number of nitrogens with one attached hydrogen (secondary N) is 2. The van der Waals surface area contributed by atoms with Crippen LogP contribution in [0.2, 0.25) is 18.1 Å². The van der Waals surface area contributed by atoms with Crippen molar-refractivity contribution >= 4 is 32.4 Å². The van der Waals surface area contributed by atoms with Crippen LogP contribution in [0.4, 0.5) is 9.59 Å². The summed E-state index contributed by atoms with van der Waals surface area (Å²) in [5.74, 6) is -0.486. The summed E-state index contributed by atoms with van der Waals surface area (Å²) in [6, 6.07) is 3.53. The van der Waals surface area contributed by atoms with Crippen LogP contribution in [0.3, 0.4) is 0 Å². The molecular weight excluding hydrogens is 518 g/mol. The van der Waals surface area contributed by atoms with E-state index in [-0.39, 0.29) is 23.4 Å². The average molecular weight is 562 g/mol. The quantitative estimate of drug-likeness (QED) is 0.228. The van der Waals surface area contributed by atoms with Gasteiger partial charge in [-0.25, -0.2) is 14.6 Å². The number of hydrogen-bond donors (Lipinski definition) is 2. The van der Waals surface area contributed by atoms with E-state index in [0.29, 0.717) is 5.69 Å². The van der Waals surface area contributed by atoms with E-state index in [1.165, 1.54) is 0 Å². The Balaban J connectivity index is 2.16. The molecule has 216 valence electrons. The van der Waals surface area contributed by atoms with Crippen LogP contribution in [0.1, 0.15) is 79.0 Å². The number of aliphatic imine (C=N–C) groups is 1. The first-order valence-electron chi connectivity index (χ1n) is 13.1. The summed E-state index contributed by atoms with van der Waals surface area (Å²) >= 11 is 0. The van der Waals surface area contributed by atoms with E-state index in [9.17, 15) is 14.4 Å². The van der Waals surface area contributed by atoms with Crippen molar-refractivity contribution in [1.29, 1.82) is 0 Å². The number of aromatic nitrogens is 1. The van der Waals surface area contributed by atoms with Gasteiger partial charge in [-0.3, -0.25) is 15.4 Å². The van der Waals surface area contributed by atoms with Gasteiger partial charge in [-0.05, 0) is 77.9 Å². The van der Waals surface area contributed by atoms with Gasteiger partial charge in [0.05, 0.1) is 0 Å². The predicted molar refractivity (Wildman–Crippen MR) is 151 cm³/mol. The summed E-state index contributed by atoms with van der Waals surface area (Å²) < 4.78 is 19.5. The molecule has 0 saturated heterocycles. The van der Waals surface area contributed by atoms with Gasteiger partial charge >= 0.3 is 12.2 Å². The zero-order chi connectivity index (χ0) is 29.6. The summed E-state index contributed by atoms with van der Waals surface area (Å²) in [5, 5.41) is 4.94. The molecule has 0 fully saturated rings. The van der Waals surface area contributed by atoms with Gasteiger partial charge in [0.25, 0.3) is 5.91 Å². The maximum absolute atomic E-state index is 13.6. The monoisotopic (exact) mass is 561 g/mol. The molecule has 1 aromatic rings. The first-order chi connectivity index (χ1) is 17.7. The Morgan fingerprint density at radius 1 is 1.00 bits per heavy atom. The minimum Gasteiger partial charge on any atom is -0.444 e. The number of carbonyl (C=O) groups is 3. The number of alkyl carbamates (subject to hydrolysis) is 2. The molecule has 2 atom stereocenters. The largest absolute Gasteiger partial charge is 0.444 e. The van der Waals surface area contributed by atoms with Crippen molar-refractivity contribution in [3.63, 3.8) is 0 Å². The lowest BCUT2D eigenvalue weighted by molar-refractivity contribution is -0.0292. The highest BCUT2D eigenvalue weighted by molar-refractivity contribution is 6.74. The lowest BCUT2D eigenvalue weighted by Gasteiger charge is -2.49. The van der Waals surface area contributed by atoms with Gasteiger partial charge < -0.3 is 23.4 Å². The lowest BCUT2D eigenvalue weighted by Crippen LogP contribution is -2.61. The molecule has 0 saturated carbocycles. The van der Waals surface area contributed by atoms with Crippen molar-refractivity contribution in [3.05, 3.63) is 36.2 Å². The molecule has 2 N–H and O–H groups in total. The van der Waals surface area contributed by atoms with Gasteiger partial charge in [-0.1, -0.05) is 26.8 Å². The van der Waals surface area contributed by atoms with Crippen LogP contribution < -0.4 is 10.6 Å². The van der Waals surface area contributed by atoms with Crippen molar-refractivity contribution < 1.29 is 28.3 Å². The SMILES string of the molecule is CC(C)(C)OC(=O)NC(=N[C@@]12C=CCN1C(=O)c1cccn1[C@H]2O[Si](C)(C)C(C)(C)C)NC(=O)OC(C)(C)C. The molecule has 3 rings (SSSR count). The van der Waals surface area contributed by atoms with Crippen molar-refractivity contribution in [1.82, 2.24) is 20.1 Å². The van der Waals surface area contributed by atoms with Crippen LogP contribution in [0, 0.1) is 0 Å². The van der Waals surface area contributed by atoms with Crippen LogP contribution >= 0.6 is 0 Å². The number of amides is 3. The molecule has 0 radical (unpaired) electrons. The fourth-order valence-electron chi connectivity index (χ4n) is 3.97. The molecular formula is C27H43N5O6Si. The lowest BCUT2D eigenvalue weighted by atomic mass is 10.1. The summed E-state index contributed by atoms with van der Waals surface area (Å²) in [7, 11) is -2.43. The Morgan fingerprint density at radius 3 is 2.03 bits per heavy atom. The molecule has 2 aliphatic heterocycles. The van der Waals surface area contributed by atoms with Crippen molar-refractivity contribution in [2.75, 3.05) is 6.54 Å². The topological polar surface area (TPSA) is 123 Å². The molecule has 39 heavy (non-hydrogen) atoms. The van der Waals surface area contributed by atoms with E-state index < -0.39 is 43.6 Å². The second-order valence-corrected chi connectivity index (χ2v) is 18.1. The molecule has 0 aromatic carbocycles. The first kappa shape index (κ1) is 30.4. The molecule has 0 spiro atoms. The van der Waals surface area contributed by atoms with Crippen LogP contribution in [0.25, 0.3) is 0 Å². The smallest absolute Gasteiger partial charge is 0.414 e. The normalized spacial score (nSPS) is 21.2. The van der Waals surface area contributed by atoms with Gasteiger partial charge in [0.1, 0.15) is 16.9 Å². The molecule has 2 aliphatic rings. The summed E-state index contributed by atoms with van der Waals surface area (Å²) in [4.78, 5) is 45.6. The van der Waals surface area contributed by atoms with Gasteiger partial charge in [-0.2, -0.15) is 0 Å². The molecule has 12 heteroatoms. The fraction of sp³-hybridized carbons (Fsp3) is 0.630. The molecule has 11 nitrogen and oxygen atoms in total. The zero-order valence-electron chi connectivity index (χ0n) is 25.0. The standard InChI is InChI=1S/C27H43N5O6Si/c1-24(2,3)36-22(34)28-21(29-23(35)37-25(4,5)6)30-27-15-13-17-32(27)19(33)18-14-12-16-31(18)20(27)38-39(10,11)26(7,8)9/h12-16,20H,17H2,1-11H3,(H2,28,29,30,34,35)/t20-,27-/m0/s1. The Labute approximate surface area is 232 Å². The van der Waals surface area contributed by atoms with E-state index in [1.54, 1.807) is 75.4 Å². The van der Waals surface area contributed by atoms with E-state index >= 15 is 0 Å². The third kappa shape index (κ3) is 6.72. The number of rotatable bonds is 3. The van der Waals surface area contributed by atoms with Gasteiger partial charge in [0.2, 0.25) is 11.6 Å². The summed E-state index contributed by atoms with van der Waals surface area (Å²) in [6.07, 6.45) is 2.97. The number of fused-ring (bicyclic) bond motifs is 2. The Hall–Kier alpha value is -3.12. The van der Waals surface area contributed by atoms with E-state index in [0.717, 1.165) is 0 Å². The Bertz CT molecular complexity index is 1150. The third-order valence-electron chi connectivity index (χ3n) is 6.68. The molecule has 1 aromatic heterocycles. The Kier molecular flexibility index (Phi) is 7.90. The van der Waals surface area contributed by atoms with Gasteiger partial charge in [0, 0.05) is 12.7 Å². The van der Waals surface area contributed by atoms with Crippen molar-refractivity contribution in [3.8, 4) is 0 Å². The second kappa shape index (κ2) is 10.1. The van der Waals surface area contributed by atoms with Gasteiger partial charge in [0.15, 0.2) is 14.5 Å². The highest BCUT2D eigenvalue weighted by atomic mass is 28.4. The number of ether oxygens (including phenoxy) is 2. The van der Waals surface area contributed by atoms with Crippen LogP contribution in [-0.4, -0.2) is 65.2 Å². The zero-order valence-corrected chi connectivity index (χ0v) is 26.0. The maximum atomic E-state index is 13.6. The number of carbonyl (C=O) groups excluding carboxylic acids is 3. The van der Waals surface area contributed by atoms with Crippen LogP contribution in [0.15, 0.2) is 35.5 Å².